The van der Waals surface area contributed by atoms with Crippen molar-refractivity contribution < 1.29 is 14.3 Å². The van der Waals surface area contributed by atoms with Crippen LogP contribution in [0.1, 0.15) is 72.4 Å². The number of H-pyrrole nitrogens is 1. The lowest BCUT2D eigenvalue weighted by molar-refractivity contribution is -0.120. The molecule has 1 fully saturated rings. The van der Waals surface area contributed by atoms with Gasteiger partial charge in [0.2, 0.25) is 5.91 Å². The van der Waals surface area contributed by atoms with Crippen molar-refractivity contribution in [2.75, 3.05) is 37.7 Å². The minimum Gasteiger partial charge on any atom is -0.379 e. The molecule has 0 saturated carbocycles. The summed E-state index contributed by atoms with van der Waals surface area (Å²) in [5, 5.41) is 2.96. The first-order valence-electron chi connectivity index (χ1n) is 15.2. The molecule has 2 N–H and O–H groups in total. The molecule has 43 heavy (non-hydrogen) atoms. The van der Waals surface area contributed by atoms with E-state index < -0.39 is 0 Å². The van der Waals surface area contributed by atoms with Crippen LogP contribution in [-0.4, -0.2) is 54.5 Å². The van der Waals surface area contributed by atoms with E-state index in [0.717, 1.165) is 66.5 Å². The van der Waals surface area contributed by atoms with Crippen LogP contribution in [0.3, 0.4) is 0 Å². The van der Waals surface area contributed by atoms with Gasteiger partial charge in [0, 0.05) is 61.7 Å². The predicted molar refractivity (Wildman–Crippen MR) is 173 cm³/mol. The molecule has 0 bridgehead atoms. The van der Waals surface area contributed by atoms with Gasteiger partial charge in [0.05, 0.1) is 13.2 Å². The number of aryl methyl sites for hydroxylation is 2. The Balaban J connectivity index is 1.70. The average Bonchev–Trinajstić information content (AvgIpc) is 2.93. The largest absolute Gasteiger partial charge is 0.379 e. The lowest BCUT2D eigenvalue weighted by Crippen LogP contribution is -2.35. The number of aromatic amines is 1. The number of amides is 2. The standard InChI is InChI=1S/C35H46N4O4/c1-8-39(32(40)20-35(5,6)7)31-19-28(27-11-9-26(10-12-27)22-38-13-15-43-16-14-38)18-29(25(31)4)33(41)36-21-30-23(2)17-24(3)37-34(30)42/h9-12,17-19H,8,13-16,20-22H2,1-7H3,(H,36,41)(H,37,42). The van der Waals surface area contributed by atoms with Gasteiger partial charge < -0.3 is 19.9 Å². The van der Waals surface area contributed by atoms with Crippen molar-refractivity contribution in [3.8, 4) is 11.1 Å². The summed E-state index contributed by atoms with van der Waals surface area (Å²) in [4.78, 5) is 46.8. The molecule has 2 heterocycles. The number of benzene rings is 2. The van der Waals surface area contributed by atoms with Gasteiger partial charge in [-0.1, -0.05) is 45.0 Å². The van der Waals surface area contributed by atoms with E-state index in [1.165, 1.54) is 5.56 Å². The Bertz CT molecular complexity index is 1510. The molecule has 3 aromatic rings. The summed E-state index contributed by atoms with van der Waals surface area (Å²) in [7, 11) is 0. The van der Waals surface area contributed by atoms with Crippen LogP contribution in [0.2, 0.25) is 0 Å². The number of nitrogens with one attached hydrogen (secondary N) is 2. The number of carbonyl (C=O) groups is 2. The first-order chi connectivity index (χ1) is 20.4. The van der Waals surface area contributed by atoms with Gasteiger partial charge in [-0.05, 0) is 79.1 Å². The van der Waals surface area contributed by atoms with E-state index in [1.807, 2.05) is 66.7 Å². The number of rotatable bonds is 9. The minimum atomic E-state index is -0.289. The second-order valence-electron chi connectivity index (χ2n) is 12.8. The molecule has 2 amide bonds. The lowest BCUT2D eigenvalue weighted by atomic mass is 9.91. The van der Waals surface area contributed by atoms with E-state index in [2.05, 4.69) is 39.5 Å². The van der Waals surface area contributed by atoms with Crippen LogP contribution in [0.25, 0.3) is 11.1 Å². The molecule has 1 aliphatic rings. The fourth-order valence-electron chi connectivity index (χ4n) is 5.60. The number of hydrogen-bond acceptors (Lipinski definition) is 5. The van der Waals surface area contributed by atoms with Gasteiger partial charge in [-0.25, -0.2) is 0 Å². The maximum absolute atomic E-state index is 13.7. The van der Waals surface area contributed by atoms with Gasteiger partial charge in [0.15, 0.2) is 0 Å². The summed E-state index contributed by atoms with van der Waals surface area (Å²) in [5.74, 6) is -0.271. The van der Waals surface area contributed by atoms with E-state index in [0.29, 0.717) is 24.1 Å². The molecule has 0 spiro atoms. The number of hydrogen-bond donors (Lipinski definition) is 2. The number of ether oxygens (including phenoxy) is 1. The van der Waals surface area contributed by atoms with Crippen LogP contribution in [0.4, 0.5) is 5.69 Å². The lowest BCUT2D eigenvalue weighted by Gasteiger charge is -2.28. The summed E-state index contributed by atoms with van der Waals surface area (Å²) >= 11 is 0. The third-order valence-electron chi connectivity index (χ3n) is 7.93. The molecule has 0 atom stereocenters. The predicted octanol–water partition coefficient (Wildman–Crippen LogP) is 5.52. The van der Waals surface area contributed by atoms with E-state index in [9.17, 15) is 14.4 Å². The smallest absolute Gasteiger partial charge is 0.253 e. The minimum absolute atomic E-state index is 0.0179. The normalized spacial score (nSPS) is 14.0. The molecule has 1 saturated heterocycles. The fourth-order valence-corrected chi connectivity index (χ4v) is 5.60. The molecule has 0 aliphatic carbocycles. The van der Waals surface area contributed by atoms with Crippen molar-refractivity contribution in [2.45, 2.75) is 68.0 Å². The number of carbonyl (C=O) groups excluding carboxylic acids is 2. The highest BCUT2D eigenvalue weighted by Crippen LogP contribution is 2.33. The first-order valence-corrected chi connectivity index (χ1v) is 15.2. The zero-order chi connectivity index (χ0) is 31.3. The number of anilines is 1. The van der Waals surface area contributed by atoms with Crippen molar-refractivity contribution in [1.82, 2.24) is 15.2 Å². The quantitative estimate of drug-likeness (QED) is 0.345. The summed E-state index contributed by atoms with van der Waals surface area (Å²) in [6.45, 7) is 18.5. The summed E-state index contributed by atoms with van der Waals surface area (Å²) in [5.41, 5.74) is 6.72. The van der Waals surface area contributed by atoms with Crippen LogP contribution >= 0.6 is 0 Å². The Kier molecular flexibility index (Phi) is 10.2. The van der Waals surface area contributed by atoms with E-state index in [4.69, 9.17) is 4.74 Å². The van der Waals surface area contributed by atoms with Gasteiger partial charge >= 0.3 is 0 Å². The van der Waals surface area contributed by atoms with Crippen molar-refractivity contribution in [3.63, 3.8) is 0 Å². The Morgan fingerprint density at radius 1 is 1.00 bits per heavy atom. The first kappa shape index (κ1) is 32.2. The Morgan fingerprint density at radius 3 is 2.28 bits per heavy atom. The van der Waals surface area contributed by atoms with Crippen molar-refractivity contribution in [2.24, 2.45) is 5.41 Å². The molecule has 4 rings (SSSR count). The maximum atomic E-state index is 13.7. The summed E-state index contributed by atoms with van der Waals surface area (Å²) in [6.07, 6.45) is 0.387. The third kappa shape index (κ3) is 8.21. The van der Waals surface area contributed by atoms with Gasteiger partial charge in [-0.15, -0.1) is 0 Å². The Hall–Kier alpha value is -3.75. The Labute approximate surface area is 255 Å². The van der Waals surface area contributed by atoms with Crippen LogP contribution in [0, 0.1) is 26.2 Å². The van der Waals surface area contributed by atoms with Crippen molar-refractivity contribution in [3.05, 3.63) is 86.3 Å². The molecule has 8 nitrogen and oxygen atoms in total. The van der Waals surface area contributed by atoms with E-state index in [1.54, 1.807) is 4.90 Å². The highest BCUT2D eigenvalue weighted by atomic mass is 16.5. The number of morpholine rings is 1. The van der Waals surface area contributed by atoms with Gasteiger partial charge in [0.25, 0.3) is 11.5 Å². The van der Waals surface area contributed by atoms with E-state index in [-0.39, 0.29) is 29.3 Å². The monoisotopic (exact) mass is 586 g/mol. The zero-order valence-electron chi connectivity index (χ0n) is 26.7. The van der Waals surface area contributed by atoms with Crippen LogP contribution in [-0.2, 0) is 22.6 Å². The SMILES string of the molecule is CCN(C(=O)CC(C)(C)C)c1cc(-c2ccc(CN3CCOCC3)cc2)cc(C(=O)NCc2c(C)cc(C)[nH]c2=O)c1C. The molecule has 1 aliphatic heterocycles. The average molecular weight is 587 g/mol. The van der Waals surface area contributed by atoms with Crippen LogP contribution < -0.4 is 15.8 Å². The second kappa shape index (κ2) is 13.7. The fraction of sp³-hybridized carbons (Fsp3) is 0.457. The molecule has 8 heteroatoms. The number of aromatic nitrogens is 1. The van der Waals surface area contributed by atoms with Crippen LogP contribution in [0.15, 0.2) is 47.3 Å². The third-order valence-corrected chi connectivity index (χ3v) is 7.93. The molecule has 2 aromatic carbocycles. The van der Waals surface area contributed by atoms with Gasteiger partial charge in [-0.2, -0.15) is 0 Å². The van der Waals surface area contributed by atoms with E-state index >= 15 is 0 Å². The molecular weight excluding hydrogens is 540 g/mol. The number of nitrogens with zero attached hydrogens (tertiary/aromatic N) is 2. The number of pyridine rings is 1. The maximum Gasteiger partial charge on any atom is 0.253 e. The molecular formula is C35H46N4O4. The van der Waals surface area contributed by atoms with Gasteiger partial charge in [-0.3, -0.25) is 19.3 Å². The van der Waals surface area contributed by atoms with Crippen molar-refractivity contribution >= 4 is 17.5 Å². The highest BCUT2D eigenvalue weighted by molar-refractivity contribution is 6.02. The van der Waals surface area contributed by atoms with Gasteiger partial charge in [0.1, 0.15) is 0 Å². The zero-order valence-corrected chi connectivity index (χ0v) is 26.7. The van der Waals surface area contributed by atoms with Crippen molar-refractivity contribution in [1.29, 1.82) is 0 Å². The topological polar surface area (TPSA) is 94.7 Å². The molecule has 0 radical (unpaired) electrons. The highest BCUT2D eigenvalue weighted by Gasteiger charge is 2.25. The summed E-state index contributed by atoms with van der Waals surface area (Å²) < 4.78 is 5.48. The van der Waals surface area contributed by atoms with Crippen LogP contribution in [0.5, 0.6) is 0 Å². The summed E-state index contributed by atoms with van der Waals surface area (Å²) in [6, 6.07) is 14.2. The Morgan fingerprint density at radius 2 is 1.67 bits per heavy atom. The molecule has 0 unspecified atom stereocenters. The second-order valence-corrected chi connectivity index (χ2v) is 12.8. The molecule has 1 aromatic heterocycles. The molecule has 230 valence electrons.